The van der Waals surface area contributed by atoms with E-state index in [9.17, 15) is 24.7 Å². The molecule has 0 spiro atoms. The minimum atomic E-state index is -1.02. The van der Waals surface area contributed by atoms with Gasteiger partial charge in [0.15, 0.2) is 0 Å². The van der Waals surface area contributed by atoms with Crippen molar-refractivity contribution in [3.8, 4) is 0 Å². The lowest BCUT2D eigenvalue weighted by Crippen LogP contribution is -2.61. The standard InChI is InChI=1S/C22H33N5O5/c1-15(2)27(22(30)31)14-16-12-18(20(28)24-32)19(23-13-16)21(29)26-10-8-25(9-11-26)17-6-4-3-5-7-17/h3-7,15-16,18-19,23,32H,8-14H2,1-2H3,(H,24,28)(H,30,31)/t16?,18-,19-/m0/s1. The monoisotopic (exact) mass is 447 g/mol. The maximum atomic E-state index is 13.3. The molecule has 0 aromatic heterocycles. The van der Waals surface area contributed by atoms with Gasteiger partial charge in [0.05, 0.1) is 12.0 Å². The summed E-state index contributed by atoms with van der Waals surface area (Å²) in [7, 11) is 0. The Morgan fingerprint density at radius 1 is 1.16 bits per heavy atom. The first-order valence-electron chi connectivity index (χ1n) is 11.1. The zero-order valence-corrected chi connectivity index (χ0v) is 18.6. The lowest BCUT2D eigenvalue weighted by molar-refractivity contribution is -0.144. The van der Waals surface area contributed by atoms with Crippen molar-refractivity contribution in [3.63, 3.8) is 0 Å². The largest absolute Gasteiger partial charge is 0.465 e. The van der Waals surface area contributed by atoms with Crippen molar-refractivity contribution in [3.05, 3.63) is 30.3 Å². The number of hydrogen-bond acceptors (Lipinski definition) is 6. The van der Waals surface area contributed by atoms with Crippen LogP contribution >= 0.6 is 0 Å². The van der Waals surface area contributed by atoms with Gasteiger partial charge in [0.2, 0.25) is 11.8 Å². The molecule has 10 heteroatoms. The molecule has 2 heterocycles. The molecule has 3 amide bonds. The number of piperidine rings is 1. The molecule has 2 fully saturated rings. The van der Waals surface area contributed by atoms with E-state index in [0.29, 0.717) is 39.1 Å². The lowest BCUT2D eigenvalue weighted by atomic mass is 9.82. The molecule has 2 aliphatic heterocycles. The summed E-state index contributed by atoms with van der Waals surface area (Å²) in [6, 6.07) is 9.07. The van der Waals surface area contributed by atoms with Crippen LogP contribution in [0.5, 0.6) is 0 Å². The number of rotatable bonds is 6. The molecule has 0 saturated carbocycles. The average Bonchev–Trinajstić information content (AvgIpc) is 2.81. The van der Waals surface area contributed by atoms with E-state index in [-0.39, 0.29) is 24.4 Å². The van der Waals surface area contributed by atoms with E-state index in [4.69, 9.17) is 0 Å². The number of hydrogen-bond donors (Lipinski definition) is 4. The molecule has 32 heavy (non-hydrogen) atoms. The third kappa shape index (κ3) is 5.49. The smallest absolute Gasteiger partial charge is 0.407 e. The second-order valence-corrected chi connectivity index (χ2v) is 8.75. The van der Waals surface area contributed by atoms with E-state index in [1.54, 1.807) is 24.2 Å². The van der Waals surface area contributed by atoms with Gasteiger partial charge in [0, 0.05) is 51.0 Å². The van der Waals surface area contributed by atoms with Gasteiger partial charge in [-0.2, -0.15) is 0 Å². The Morgan fingerprint density at radius 2 is 1.81 bits per heavy atom. The molecule has 10 nitrogen and oxygen atoms in total. The van der Waals surface area contributed by atoms with Crippen LogP contribution in [0.2, 0.25) is 0 Å². The van der Waals surface area contributed by atoms with Crippen LogP contribution in [0.3, 0.4) is 0 Å². The van der Waals surface area contributed by atoms with Crippen molar-refractivity contribution in [2.24, 2.45) is 11.8 Å². The Kier molecular flexibility index (Phi) is 7.92. The highest BCUT2D eigenvalue weighted by Gasteiger charge is 2.42. The van der Waals surface area contributed by atoms with Gasteiger partial charge in [-0.15, -0.1) is 0 Å². The maximum absolute atomic E-state index is 13.3. The second kappa shape index (κ2) is 10.6. The Morgan fingerprint density at radius 3 is 2.38 bits per heavy atom. The quantitative estimate of drug-likeness (QED) is 0.376. The number of anilines is 1. The van der Waals surface area contributed by atoms with Gasteiger partial charge in [-0.1, -0.05) is 18.2 Å². The van der Waals surface area contributed by atoms with Crippen LogP contribution in [0.15, 0.2) is 30.3 Å². The van der Waals surface area contributed by atoms with Gasteiger partial charge < -0.3 is 25.1 Å². The number of hydroxylamine groups is 1. The summed E-state index contributed by atoms with van der Waals surface area (Å²) in [5, 5.41) is 21.8. The van der Waals surface area contributed by atoms with E-state index >= 15 is 0 Å². The van der Waals surface area contributed by atoms with Crippen LogP contribution < -0.4 is 15.7 Å². The molecule has 0 bridgehead atoms. The fourth-order valence-corrected chi connectivity index (χ4v) is 4.56. The van der Waals surface area contributed by atoms with Crippen molar-refractivity contribution in [1.82, 2.24) is 20.6 Å². The normalized spacial score (nSPS) is 23.7. The molecule has 1 aromatic rings. The first-order chi connectivity index (χ1) is 15.3. The number of carbonyl (C=O) groups excluding carboxylic acids is 2. The molecule has 3 atom stereocenters. The Bertz CT molecular complexity index is 797. The number of amides is 3. The molecule has 3 rings (SSSR count). The molecule has 1 aromatic carbocycles. The van der Waals surface area contributed by atoms with Crippen LogP contribution in [0.4, 0.5) is 10.5 Å². The predicted octanol–water partition coefficient (Wildman–Crippen LogP) is 0.823. The summed E-state index contributed by atoms with van der Waals surface area (Å²) in [5.74, 6) is -1.71. The zero-order chi connectivity index (χ0) is 23.3. The highest BCUT2D eigenvalue weighted by atomic mass is 16.5. The van der Waals surface area contributed by atoms with Gasteiger partial charge >= 0.3 is 6.09 Å². The first kappa shape index (κ1) is 23.8. The van der Waals surface area contributed by atoms with Gasteiger partial charge in [0.1, 0.15) is 0 Å². The van der Waals surface area contributed by atoms with Crippen LogP contribution in [0, 0.1) is 11.8 Å². The summed E-state index contributed by atoms with van der Waals surface area (Å²) in [6.45, 7) is 6.76. The molecule has 176 valence electrons. The van der Waals surface area contributed by atoms with Crippen LogP contribution in [0.1, 0.15) is 20.3 Å². The van der Waals surface area contributed by atoms with Gasteiger partial charge in [-0.25, -0.2) is 10.3 Å². The van der Waals surface area contributed by atoms with Crippen molar-refractivity contribution < 1.29 is 24.7 Å². The first-order valence-corrected chi connectivity index (χ1v) is 11.1. The Balaban J connectivity index is 1.63. The van der Waals surface area contributed by atoms with Crippen molar-refractivity contribution in [2.75, 3.05) is 44.2 Å². The number of para-hydroxylation sites is 1. The average molecular weight is 448 g/mol. The number of nitrogens with one attached hydrogen (secondary N) is 2. The molecule has 2 saturated heterocycles. The van der Waals surface area contributed by atoms with Crippen molar-refractivity contribution >= 4 is 23.6 Å². The van der Waals surface area contributed by atoms with Gasteiger partial charge in [-0.3, -0.25) is 14.8 Å². The topological polar surface area (TPSA) is 125 Å². The minimum Gasteiger partial charge on any atom is -0.465 e. The number of nitrogens with zero attached hydrogens (tertiary/aromatic N) is 3. The summed E-state index contributed by atoms with van der Waals surface area (Å²) in [5.41, 5.74) is 2.80. The Labute approximate surface area is 188 Å². The van der Waals surface area contributed by atoms with Crippen LogP contribution in [-0.4, -0.2) is 89.4 Å². The lowest BCUT2D eigenvalue weighted by Gasteiger charge is -2.42. The summed E-state index contributed by atoms with van der Waals surface area (Å²) in [4.78, 5) is 42.5. The molecule has 4 N–H and O–H groups in total. The minimum absolute atomic E-state index is 0.144. The van der Waals surface area contributed by atoms with Crippen LogP contribution in [-0.2, 0) is 9.59 Å². The zero-order valence-electron chi connectivity index (χ0n) is 18.6. The number of benzene rings is 1. The predicted molar refractivity (Wildman–Crippen MR) is 118 cm³/mol. The van der Waals surface area contributed by atoms with E-state index in [2.05, 4.69) is 10.2 Å². The molecular formula is C22H33N5O5. The molecule has 0 aliphatic carbocycles. The summed E-state index contributed by atoms with van der Waals surface area (Å²) < 4.78 is 0. The SMILES string of the molecule is CC(C)N(CC1CN[C@H](C(=O)N2CCN(c3ccccc3)CC2)[C@@H](C(=O)NO)C1)C(=O)O. The summed E-state index contributed by atoms with van der Waals surface area (Å²) in [6.07, 6.45) is -0.700. The molecular weight excluding hydrogens is 414 g/mol. The number of carboxylic acid groups (broad SMARTS) is 1. The highest BCUT2D eigenvalue weighted by molar-refractivity contribution is 5.90. The van der Waals surface area contributed by atoms with Crippen molar-refractivity contribution in [1.29, 1.82) is 0 Å². The maximum Gasteiger partial charge on any atom is 0.407 e. The Hall–Kier alpha value is -2.85. The van der Waals surface area contributed by atoms with Crippen molar-refractivity contribution in [2.45, 2.75) is 32.4 Å². The van der Waals surface area contributed by atoms with E-state index in [1.807, 2.05) is 30.3 Å². The third-order valence-electron chi connectivity index (χ3n) is 6.37. The highest BCUT2D eigenvalue weighted by Crippen LogP contribution is 2.25. The van der Waals surface area contributed by atoms with Gasteiger partial charge in [0.25, 0.3) is 0 Å². The number of piperazine rings is 1. The van der Waals surface area contributed by atoms with Crippen LogP contribution in [0.25, 0.3) is 0 Å². The van der Waals surface area contributed by atoms with E-state index in [0.717, 1.165) is 5.69 Å². The summed E-state index contributed by atoms with van der Waals surface area (Å²) >= 11 is 0. The molecule has 1 unspecified atom stereocenters. The van der Waals surface area contributed by atoms with Gasteiger partial charge in [-0.05, 0) is 38.3 Å². The number of carbonyl (C=O) groups is 3. The van der Waals surface area contributed by atoms with E-state index in [1.165, 1.54) is 4.90 Å². The second-order valence-electron chi connectivity index (χ2n) is 8.75. The fraction of sp³-hybridized carbons (Fsp3) is 0.591. The van der Waals surface area contributed by atoms with E-state index < -0.39 is 24.0 Å². The molecule has 2 aliphatic rings. The third-order valence-corrected chi connectivity index (χ3v) is 6.37. The fourth-order valence-electron chi connectivity index (χ4n) is 4.56. The molecule has 0 radical (unpaired) electrons.